The Morgan fingerprint density at radius 3 is 2.88 bits per heavy atom. The molecule has 0 aliphatic carbocycles. The number of anilines is 1. The van der Waals surface area contributed by atoms with Crippen molar-refractivity contribution in [2.75, 3.05) is 38.1 Å². The summed E-state index contributed by atoms with van der Waals surface area (Å²) in [4.78, 5) is 20.2. The number of guanidine groups is 1. The number of nitrogens with one attached hydrogen (secondary N) is 1. The van der Waals surface area contributed by atoms with Crippen LogP contribution in [0, 0.1) is 5.92 Å². The van der Waals surface area contributed by atoms with E-state index in [0.29, 0.717) is 12.3 Å². The van der Waals surface area contributed by atoms with Crippen LogP contribution in [0.15, 0.2) is 41.4 Å². The lowest BCUT2D eigenvalue weighted by atomic mass is 9.95. The summed E-state index contributed by atoms with van der Waals surface area (Å²) in [6.07, 6.45) is 6.98. The summed E-state index contributed by atoms with van der Waals surface area (Å²) < 4.78 is 0. The number of nitrogens with two attached hydrogens (primary N) is 1. The number of amides is 1. The molecule has 26 heavy (non-hydrogen) atoms. The van der Waals surface area contributed by atoms with Crippen LogP contribution in [0.2, 0.25) is 0 Å². The Balaban J connectivity index is 1.57. The highest BCUT2D eigenvalue weighted by atomic mass is 16.1. The minimum atomic E-state index is -0.215. The first-order valence-electron chi connectivity index (χ1n) is 9.38. The van der Waals surface area contributed by atoms with E-state index in [-0.39, 0.29) is 5.91 Å². The molecule has 0 spiro atoms. The maximum Gasteiger partial charge on any atom is 0.217 e. The minimum absolute atomic E-state index is 0.215. The molecule has 2 heterocycles. The topological polar surface area (TPSA) is 74.0 Å². The summed E-state index contributed by atoms with van der Waals surface area (Å²) in [6, 6.07) is 8.64. The molecule has 0 saturated carbocycles. The quantitative estimate of drug-likeness (QED) is 0.479. The largest absolute Gasteiger partial charge is 0.370 e. The van der Waals surface area contributed by atoms with E-state index in [2.05, 4.69) is 56.5 Å². The Morgan fingerprint density at radius 2 is 2.15 bits per heavy atom. The molecule has 1 saturated heterocycles. The van der Waals surface area contributed by atoms with Crippen molar-refractivity contribution in [3.05, 3.63) is 42.0 Å². The van der Waals surface area contributed by atoms with Crippen LogP contribution in [-0.4, -0.2) is 50.0 Å². The summed E-state index contributed by atoms with van der Waals surface area (Å²) in [6.45, 7) is 4.50. The molecule has 1 unspecified atom stereocenters. The number of carbonyl (C=O) groups excluding carboxylic acids is 1. The molecule has 3 rings (SSSR count). The molecule has 6 heteroatoms. The molecule has 3 N–H and O–H groups in total. The highest BCUT2D eigenvalue weighted by molar-refractivity contribution is 5.80. The fraction of sp³-hybridized carbons (Fsp3) is 0.500. The van der Waals surface area contributed by atoms with Gasteiger partial charge in [-0.05, 0) is 36.5 Å². The van der Waals surface area contributed by atoms with Gasteiger partial charge in [-0.25, -0.2) is 0 Å². The van der Waals surface area contributed by atoms with Crippen LogP contribution in [-0.2, 0) is 11.3 Å². The number of benzene rings is 1. The highest BCUT2D eigenvalue weighted by Crippen LogP contribution is 2.20. The summed E-state index contributed by atoms with van der Waals surface area (Å²) in [5, 5.41) is 3.47. The van der Waals surface area contributed by atoms with Crippen molar-refractivity contribution < 1.29 is 4.79 Å². The van der Waals surface area contributed by atoms with Crippen LogP contribution in [0.1, 0.15) is 24.8 Å². The van der Waals surface area contributed by atoms with Gasteiger partial charge in [-0.1, -0.05) is 24.3 Å². The van der Waals surface area contributed by atoms with Crippen LogP contribution in [0.5, 0.6) is 0 Å². The first kappa shape index (κ1) is 18.3. The molecule has 0 radical (unpaired) electrons. The van der Waals surface area contributed by atoms with E-state index in [9.17, 15) is 4.79 Å². The van der Waals surface area contributed by atoms with E-state index in [0.717, 1.165) is 51.5 Å². The molecule has 140 valence electrons. The molecule has 0 aromatic heterocycles. The second-order valence-corrected chi connectivity index (χ2v) is 7.07. The second-order valence-electron chi connectivity index (χ2n) is 7.07. The molecule has 1 aromatic carbocycles. The van der Waals surface area contributed by atoms with Gasteiger partial charge < -0.3 is 20.9 Å². The normalized spacial score (nSPS) is 20.5. The average molecular weight is 355 g/mol. The fourth-order valence-electron chi connectivity index (χ4n) is 3.77. The maximum absolute atomic E-state index is 11.2. The van der Waals surface area contributed by atoms with E-state index in [1.807, 2.05) is 7.05 Å². The molecule has 6 nitrogen and oxygen atoms in total. The van der Waals surface area contributed by atoms with E-state index >= 15 is 0 Å². The molecule has 1 atom stereocenters. The number of aliphatic imine (C=N–C) groups is 1. The van der Waals surface area contributed by atoms with E-state index in [4.69, 9.17) is 5.73 Å². The van der Waals surface area contributed by atoms with Gasteiger partial charge in [0.05, 0.1) is 0 Å². The van der Waals surface area contributed by atoms with E-state index < -0.39 is 0 Å². The van der Waals surface area contributed by atoms with Crippen LogP contribution in [0.4, 0.5) is 5.69 Å². The first-order valence-corrected chi connectivity index (χ1v) is 9.38. The van der Waals surface area contributed by atoms with Crippen molar-refractivity contribution >= 4 is 17.6 Å². The zero-order valence-electron chi connectivity index (χ0n) is 15.5. The number of likely N-dealkylation sites (tertiary alicyclic amines) is 1. The lowest BCUT2D eigenvalue weighted by Crippen LogP contribution is -2.46. The molecular weight excluding hydrogens is 326 g/mol. The zero-order valence-corrected chi connectivity index (χ0v) is 15.5. The maximum atomic E-state index is 11.2. The number of piperidine rings is 1. The van der Waals surface area contributed by atoms with Gasteiger partial charge in [0.1, 0.15) is 0 Å². The number of carbonyl (C=O) groups is 1. The van der Waals surface area contributed by atoms with Crippen LogP contribution >= 0.6 is 0 Å². The van der Waals surface area contributed by atoms with Gasteiger partial charge in [-0.3, -0.25) is 9.79 Å². The van der Waals surface area contributed by atoms with Gasteiger partial charge in [0.25, 0.3) is 0 Å². The lowest BCUT2D eigenvalue weighted by Gasteiger charge is -2.34. The second kappa shape index (κ2) is 8.74. The summed E-state index contributed by atoms with van der Waals surface area (Å²) in [5.41, 5.74) is 7.86. The molecule has 2 aliphatic heterocycles. The Kier molecular flexibility index (Phi) is 6.15. The van der Waals surface area contributed by atoms with Gasteiger partial charge in [-0.15, -0.1) is 0 Å². The Labute approximate surface area is 155 Å². The van der Waals surface area contributed by atoms with Crippen molar-refractivity contribution in [1.82, 2.24) is 10.2 Å². The van der Waals surface area contributed by atoms with Crippen molar-refractivity contribution in [2.24, 2.45) is 16.6 Å². The number of hydrogen-bond donors (Lipinski definition) is 2. The summed E-state index contributed by atoms with van der Waals surface area (Å²) in [5.74, 6) is 1.01. The van der Waals surface area contributed by atoms with E-state index in [1.165, 1.54) is 11.3 Å². The van der Waals surface area contributed by atoms with Gasteiger partial charge in [0.2, 0.25) is 5.91 Å². The number of nitrogens with zero attached hydrogens (tertiary/aromatic N) is 3. The number of primary amides is 1. The average Bonchev–Trinajstić information content (AvgIpc) is 3.17. The van der Waals surface area contributed by atoms with E-state index in [1.54, 1.807) is 0 Å². The standard InChI is InChI=1S/C20H29N5O/c1-22-20(25-11-5-7-17(15-25)13-19(21)26)23-14-16-6-4-8-18(12-16)24-9-2-3-10-24/h2-4,6,8,12,17H,5,7,9-11,13-15H2,1H3,(H2,21,26)(H,22,23). The van der Waals surface area contributed by atoms with Crippen LogP contribution < -0.4 is 16.0 Å². The SMILES string of the molecule is CN=C(NCc1cccc(N2CC=CC2)c1)N1CCCC(CC(N)=O)C1. The molecular formula is C20H29N5O. The summed E-state index contributed by atoms with van der Waals surface area (Å²) in [7, 11) is 1.81. The Morgan fingerprint density at radius 1 is 1.35 bits per heavy atom. The van der Waals surface area contributed by atoms with Crippen molar-refractivity contribution in [1.29, 1.82) is 0 Å². The zero-order chi connectivity index (χ0) is 18.4. The Bertz CT molecular complexity index is 677. The summed E-state index contributed by atoms with van der Waals surface area (Å²) >= 11 is 0. The third-order valence-corrected chi connectivity index (χ3v) is 5.06. The van der Waals surface area contributed by atoms with Crippen LogP contribution in [0.25, 0.3) is 0 Å². The van der Waals surface area contributed by atoms with Gasteiger partial charge in [0.15, 0.2) is 5.96 Å². The van der Waals surface area contributed by atoms with Crippen molar-refractivity contribution in [2.45, 2.75) is 25.8 Å². The first-order chi connectivity index (χ1) is 12.7. The monoisotopic (exact) mass is 355 g/mol. The molecule has 2 aliphatic rings. The predicted octanol–water partition coefficient (Wildman–Crippen LogP) is 1.73. The van der Waals surface area contributed by atoms with Crippen molar-refractivity contribution in [3.8, 4) is 0 Å². The van der Waals surface area contributed by atoms with Gasteiger partial charge in [0, 0.05) is 51.9 Å². The molecule has 0 bridgehead atoms. The highest BCUT2D eigenvalue weighted by Gasteiger charge is 2.23. The van der Waals surface area contributed by atoms with Gasteiger partial charge in [-0.2, -0.15) is 0 Å². The predicted molar refractivity (Wildman–Crippen MR) is 106 cm³/mol. The number of rotatable bonds is 5. The fourth-order valence-corrected chi connectivity index (χ4v) is 3.77. The molecule has 1 amide bonds. The van der Waals surface area contributed by atoms with Gasteiger partial charge >= 0.3 is 0 Å². The Hall–Kier alpha value is -2.50. The van der Waals surface area contributed by atoms with Crippen LogP contribution in [0.3, 0.4) is 0 Å². The van der Waals surface area contributed by atoms with Crippen molar-refractivity contribution in [3.63, 3.8) is 0 Å². The third-order valence-electron chi connectivity index (χ3n) is 5.06. The molecule has 1 fully saturated rings. The smallest absolute Gasteiger partial charge is 0.217 e. The molecule has 1 aromatic rings. The third kappa shape index (κ3) is 4.77. The number of hydrogen-bond acceptors (Lipinski definition) is 3. The minimum Gasteiger partial charge on any atom is -0.370 e. The lowest BCUT2D eigenvalue weighted by molar-refractivity contribution is -0.119.